The van der Waals surface area contributed by atoms with Crippen LogP contribution in [0.5, 0.6) is 0 Å². The summed E-state index contributed by atoms with van der Waals surface area (Å²) in [5, 5.41) is 7.53. The molecule has 0 heterocycles. The van der Waals surface area contributed by atoms with Crippen molar-refractivity contribution in [3.05, 3.63) is 218 Å². The lowest BCUT2D eigenvalue weighted by Gasteiger charge is -2.20. The smallest absolute Gasteiger partial charge is 0.00206 e. The Morgan fingerprint density at radius 2 is 0.574 bits per heavy atom. The Hall–Kier alpha value is -7.02. The van der Waals surface area contributed by atoms with Gasteiger partial charge in [-0.15, -0.1) is 0 Å². The maximum Gasteiger partial charge on any atom is -0.00206 e. The van der Waals surface area contributed by atoms with Gasteiger partial charge in [0.25, 0.3) is 0 Å². The third kappa shape index (κ3) is 5.48. The van der Waals surface area contributed by atoms with Crippen molar-refractivity contribution < 1.29 is 0 Å². The van der Waals surface area contributed by atoms with Crippen molar-refractivity contribution in [1.82, 2.24) is 0 Å². The summed E-state index contributed by atoms with van der Waals surface area (Å²) in [6.45, 7) is 0. The van der Waals surface area contributed by atoms with Crippen LogP contribution >= 0.6 is 0 Å². The first-order valence-corrected chi connectivity index (χ1v) is 18.7. The minimum atomic E-state index is 1.20. The molecule has 54 heavy (non-hydrogen) atoms. The number of fused-ring (bicyclic) bond motifs is 3. The molecule has 0 heteroatoms. The fourth-order valence-corrected chi connectivity index (χ4v) is 8.41. The van der Waals surface area contributed by atoms with E-state index in [1.807, 2.05) is 0 Å². The second-order valence-corrected chi connectivity index (χ2v) is 14.0. The summed E-state index contributed by atoms with van der Waals surface area (Å²) in [5.74, 6) is 0. The molecule has 10 rings (SSSR count). The van der Waals surface area contributed by atoms with E-state index in [-0.39, 0.29) is 0 Å². The van der Waals surface area contributed by atoms with E-state index < -0.39 is 0 Å². The van der Waals surface area contributed by atoms with E-state index in [1.54, 1.807) is 0 Å². The highest BCUT2D eigenvalue weighted by Crippen LogP contribution is 2.47. The molecule has 0 aliphatic rings. The van der Waals surface area contributed by atoms with Gasteiger partial charge in [-0.1, -0.05) is 212 Å². The maximum atomic E-state index is 2.44. The molecule has 252 valence electrons. The molecule has 0 saturated heterocycles. The van der Waals surface area contributed by atoms with Gasteiger partial charge in [0.1, 0.15) is 0 Å². The molecule has 10 aromatic carbocycles. The zero-order chi connectivity index (χ0) is 35.8. The normalized spacial score (nSPS) is 11.3. The number of rotatable bonds is 6. The first kappa shape index (κ1) is 31.7. The van der Waals surface area contributed by atoms with Crippen molar-refractivity contribution in [3.63, 3.8) is 0 Å². The van der Waals surface area contributed by atoms with Gasteiger partial charge in [0.15, 0.2) is 0 Å². The number of hydrogen-bond acceptors (Lipinski definition) is 0. The van der Waals surface area contributed by atoms with Gasteiger partial charge in [0.05, 0.1) is 0 Å². The Morgan fingerprint density at radius 3 is 1.19 bits per heavy atom. The van der Waals surface area contributed by atoms with Gasteiger partial charge in [-0.05, 0) is 105 Å². The largest absolute Gasteiger partial charge is 0.0622 e. The van der Waals surface area contributed by atoms with E-state index in [0.717, 1.165) is 0 Å². The first-order valence-electron chi connectivity index (χ1n) is 18.7. The maximum absolute atomic E-state index is 2.44. The topological polar surface area (TPSA) is 0 Å². The zero-order valence-corrected chi connectivity index (χ0v) is 29.8. The van der Waals surface area contributed by atoms with Crippen LogP contribution in [0.4, 0.5) is 0 Å². The highest BCUT2D eigenvalue weighted by Gasteiger charge is 2.19. The van der Waals surface area contributed by atoms with Crippen LogP contribution in [0.1, 0.15) is 0 Å². The lowest BCUT2D eigenvalue weighted by molar-refractivity contribution is 1.60. The fourth-order valence-electron chi connectivity index (χ4n) is 8.41. The van der Waals surface area contributed by atoms with E-state index in [2.05, 4.69) is 218 Å². The molecule has 0 radical (unpaired) electrons. The van der Waals surface area contributed by atoms with Gasteiger partial charge < -0.3 is 0 Å². The van der Waals surface area contributed by atoms with Crippen molar-refractivity contribution in [2.45, 2.75) is 0 Å². The molecule has 0 nitrogen and oxygen atoms in total. The van der Waals surface area contributed by atoms with Crippen LogP contribution in [-0.4, -0.2) is 0 Å². The van der Waals surface area contributed by atoms with Crippen LogP contribution in [0.3, 0.4) is 0 Å². The monoisotopic (exact) mass is 684 g/mol. The molecule has 0 spiro atoms. The summed E-state index contributed by atoms with van der Waals surface area (Å²) in [4.78, 5) is 0. The molecule has 0 unspecified atom stereocenters. The molecule has 0 bridgehead atoms. The van der Waals surface area contributed by atoms with Crippen LogP contribution in [0, 0.1) is 0 Å². The standard InChI is InChI=1S/C54H36/c1-5-16-37(17-6-1)38-28-30-42(31-29-38)52-48-24-13-14-25-49(48)53(41-22-11-4-12-23-41)51-36-43(32-33-50(51)52)44-34-35-46(40-20-9-3-10-21-40)54-45(26-15-27-47(44)54)39-18-7-2-8-19-39/h1-36H. The van der Waals surface area contributed by atoms with Crippen molar-refractivity contribution in [2.75, 3.05) is 0 Å². The molecule has 0 aliphatic carbocycles. The fraction of sp³-hybridized carbons (Fsp3) is 0. The summed E-state index contributed by atoms with van der Waals surface area (Å²) in [5.41, 5.74) is 14.8. The third-order valence-corrected chi connectivity index (χ3v) is 10.9. The predicted octanol–water partition coefficient (Wildman–Crippen LogP) is 15.1. The van der Waals surface area contributed by atoms with Gasteiger partial charge in [-0.3, -0.25) is 0 Å². The van der Waals surface area contributed by atoms with Gasteiger partial charge in [-0.25, -0.2) is 0 Å². The highest BCUT2D eigenvalue weighted by molar-refractivity contribution is 6.22. The predicted molar refractivity (Wildman–Crippen MR) is 232 cm³/mol. The molecule has 0 aromatic heterocycles. The summed E-state index contributed by atoms with van der Waals surface area (Å²) >= 11 is 0. The van der Waals surface area contributed by atoms with E-state index in [4.69, 9.17) is 0 Å². The average Bonchev–Trinajstić information content (AvgIpc) is 3.26. The van der Waals surface area contributed by atoms with E-state index in [1.165, 1.54) is 99.1 Å². The van der Waals surface area contributed by atoms with Gasteiger partial charge in [-0.2, -0.15) is 0 Å². The molecule has 0 amide bonds. The van der Waals surface area contributed by atoms with Crippen molar-refractivity contribution >= 4 is 32.3 Å². The number of hydrogen-bond donors (Lipinski definition) is 0. The molecule has 0 aliphatic heterocycles. The van der Waals surface area contributed by atoms with Crippen LogP contribution in [-0.2, 0) is 0 Å². The molecule has 0 saturated carbocycles. The molecular formula is C54H36. The third-order valence-electron chi connectivity index (χ3n) is 10.9. The van der Waals surface area contributed by atoms with Crippen molar-refractivity contribution in [2.24, 2.45) is 0 Å². The van der Waals surface area contributed by atoms with Gasteiger partial charge in [0, 0.05) is 0 Å². The minimum Gasteiger partial charge on any atom is -0.0622 e. The Labute approximate surface area is 316 Å². The van der Waals surface area contributed by atoms with Gasteiger partial charge >= 0.3 is 0 Å². The lowest BCUT2D eigenvalue weighted by atomic mass is 9.83. The van der Waals surface area contributed by atoms with Crippen LogP contribution in [0.25, 0.3) is 99.1 Å². The quantitative estimate of drug-likeness (QED) is 0.153. The second kappa shape index (κ2) is 13.5. The molecule has 0 fully saturated rings. The highest BCUT2D eigenvalue weighted by atomic mass is 14.2. The summed E-state index contributed by atoms with van der Waals surface area (Å²) < 4.78 is 0. The first-order chi connectivity index (χ1) is 26.8. The van der Waals surface area contributed by atoms with E-state index in [0.29, 0.717) is 0 Å². The number of benzene rings is 10. The Morgan fingerprint density at radius 1 is 0.185 bits per heavy atom. The molecule has 0 atom stereocenters. The summed E-state index contributed by atoms with van der Waals surface area (Å²) in [7, 11) is 0. The Bertz CT molecular complexity index is 2880. The van der Waals surface area contributed by atoms with E-state index >= 15 is 0 Å². The van der Waals surface area contributed by atoms with Crippen LogP contribution < -0.4 is 0 Å². The van der Waals surface area contributed by atoms with E-state index in [9.17, 15) is 0 Å². The SMILES string of the molecule is c1ccc(-c2ccc(-c3c4ccccc4c(-c4ccccc4)c4cc(-c5ccc(-c6ccccc6)c6c(-c7ccccc7)cccc56)ccc34)cc2)cc1. The second-order valence-electron chi connectivity index (χ2n) is 14.0. The summed E-state index contributed by atoms with van der Waals surface area (Å²) in [6.07, 6.45) is 0. The summed E-state index contributed by atoms with van der Waals surface area (Å²) in [6, 6.07) is 79.7. The molecular weight excluding hydrogens is 649 g/mol. The minimum absolute atomic E-state index is 1.20. The zero-order valence-electron chi connectivity index (χ0n) is 29.8. The van der Waals surface area contributed by atoms with Crippen LogP contribution in [0.15, 0.2) is 218 Å². The lowest BCUT2D eigenvalue weighted by Crippen LogP contribution is -1.93. The molecule has 10 aromatic rings. The van der Waals surface area contributed by atoms with Crippen LogP contribution in [0.2, 0.25) is 0 Å². The molecule has 0 N–H and O–H groups in total. The van der Waals surface area contributed by atoms with Crippen molar-refractivity contribution in [1.29, 1.82) is 0 Å². The Balaban J connectivity index is 1.25. The van der Waals surface area contributed by atoms with Crippen molar-refractivity contribution in [3.8, 4) is 66.8 Å². The van der Waals surface area contributed by atoms with Gasteiger partial charge in [0.2, 0.25) is 0 Å². The Kier molecular flexibility index (Phi) is 7.93. The average molecular weight is 685 g/mol.